The van der Waals surface area contributed by atoms with Crippen molar-refractivity contribution < 1.29 is 33.5 Å². The Balaban J connectivity index is 2.92. The number of non-ortho nitro benzene ring substituents is 1. The fourth-order valence-electron chi connectivity index (χ4n) is 1.66. The molecule has 0 aliphatic heterocycles. The summed E-state index contributed by atoms with van der Waals surface area (Å²) in [4.78, 5) is 45.1. The second kappa shape index (κ2) is 7.90. The van der Waals surface area contributed by atoms with Crippen LogP contribution in [0.4, 0.5) is 10.5 Å². The molecule has 1 rings (SSSR count). The van der Waals surface area contributed by atoms with E-state index in [0.717, 1.165) is 26.4 Å². The van der Waals surface area contributed by atoms with Gasteiger partial charge in [0.15, 0.2) is 0 Å². The number of amides is 1. The van der Waals surface area contributed by atoms with Gasteiger partial charge in [0.2, 0.25) is 5.60 Å². The van der Waals surface area contributed by atoms with E-state index in [-0.39, 0.29) is 17.8 Å². The van der Waals surface area contributed by atoms with Gasteiger partial charge in [-0.1, -0.05) is 0 Å². The summed E-state index contributed by atoms with van der Waals surface area (Å²) in [6.07, 6.45) is -0.823. The van der Waals surface area contributed by atoms with Crippen LogP contribution in [0.1, 0.15) is 17.3 Å². The molecule has 10 nitrogen and oxygen atoms in total. The maximum absolute atomic E-state index is 12.1. The second-order valence-electron chi connectivity index (χ2n) is 4.76. The lowest BCUT2D eigenvalue weighted by atomic mass is 10.1. The minimum Gasteiger partial charge on any atom is -0.466 e. The highest BCUT2D eigenvalue weighted by molar-refractivity contribution is 5.93. The van der Waals surface area contributed by atoms with E-state index in [2.05, 4.69) is 14.8 Å². The number of benzene rings is 1. The predicted molar refractivity (Wildman–Crippen MR) is 79.3 cm³/mol. The maximum atomic E-state index is 12.1. The van der Waals surface area contributed by atoms with Gasteiger partial charge in [-0.25, -0.2) is 14.4 Å². The quantitative estimate of drug-likeness (QED) is 0.351. The molecule has 1 aromatic rings. The first-order chi connectivity index (χ1) is 11.2. The fourth-order valence-corrected chi connectivity index (χ4v) is 1.66. The summed E-state index contributed by atoms with van der Waals surface area (Å²) in [5, 5.41) is 12.8. The number of hydrogen-bond acceptors (Lipinski definition) is 8. The number of alkyl carbamates (subject to hydrolysis) is 1. The van der Waals surface area contributed by atoms with Crippen LogP contribution in [-0.4, -0.2) is 49.3 Å². The van der Waals surface area contributed by atoms with E-state index >= 15 is 0 Å². The van der Waals surface area contributed by atoms with Crippen LogP contribution in [0, 0.1) is 10.1 Å². The smallest absolute Gasteiger partial charge is 0.407 e. The average molecular weight is 340 g/mol. The van der Waals surface area contributed by atoms with Gasteiger partial charge in [-0.3, -0.25) is 10.1 Å². The van der Waals surface area contributed by atoms with E-state index in [1.54, 1.807) is 0 Å². The minimum absolute atomic E-state index is 0.00574. The Labute approximate surface area is 136 Å². The highest BCUT2D eigenvalue weighted by Crippen LogP contribution is 2.18. The van der Waals surface area contributed by atoms with Crippen molar-refractivity contribution in [3.05, 3.63) is 39.9 Å². The Morgan fingerprint density at radius 3 is 2.21 bits per heavy atom. The van der Waals surface area contributed by atoms with Crippen LogP contribution in [0.25, 0.3) is 0 Å². The van der Waals surface area contributed by atoms with Gasteiger partial charge in [0, 0.05) is 12.1 Å². The maximum Gasteiger partial charge on any atom is 0.407 e. The topological polar surface area (TPSA) is 134 Å². The molecule has 0 radical (unpaired) electrons. The molecule has 0 unspecified atom stereocenters. The Bertz CT molecular complexity index is 643. The zero-order valence-electron chi connectivity index (χ0n) is 13.2. The lowest BCUT2D eigenvalue weighted by Crippen LogP contribution is -2.50. The summed E-state index contributed by atoms with van der Waals surface area (Å²) in [6, 6.07) is 4.62. The summed E-state index contributed by atoms with van der Waals surface area (Å²) in [5.41, 5.74) is -2.01. The van der Waals surface area contributed by atoms with Crippen molar-refractivity contribution in [2.24, 2.45) is 0 Å². The predicted octanol–water partition coefficient (Wildman–Crippen LogP) is 1.04. The van der Waals surface area contributed by atoms with Gasteiger partial charge in [-0.2, -0.15) is 0 Å². The number of nitrogens with zero attached hydrogens (tertiary/aromatic N) is 1. The molecule has 1 N–H and O–H groups in total. The van der Waals surface area contributed by atoms with Crippen LogP contribution in [-0.2, 0) is 19.0 Å². The second-order valence-corrected chi connectivity index (χ2v) is 4.76. The van der Waals surface area contributed by atoms with E-state index in [1.807, 2.05) is 0 Å². The van der Waals surface area contributed by atoms with Crippen molar-refractivity contribution in [2.45, 2.75) is 12.5 Å². The van der Waals surface area contributed by atoms with Crippen molar-refractivity contribution in [3.63, 3.8) is 0 Å². The third kappa shape index (κ3) is 4.66. The van der Waals surface area contributed by atoms with Gasteiger partial charge in [-0.15, -0.1) is 0 Å². The monoisotopic (exact) mass is 340 g/mol. The van der Waals surface area contributed by atoms with Crippen molar-refractivity contribution in [3.8, 4) is 0 Å². The molecule has 0 aliphatic rings. The largest absolute Gasteiger partial charge is 0.466 e. The number of rotatable bonds is 6. The molecule has 0 aromatic heterocycles. The van der Waals surface area contributed by atoms with E-state index in [4.69, 9.17) is 4.74 Å². The number of nitro groups is 1. The van der Waals surface area contributed by atoms with Crippen molar-refractivity contribution in [1.82, 2.24) is 5.32 Å². The van der Waals surface area contributed by atoms with Gasteiger partial charge in [0.05, 0.1) is 31.3 Å². The lowest BCUT2D eigenvalue weighted by Gasteiger charge is -2.26. The molecule has 1 aromatic carbocycles. The van der Waals surface area contributed by atoms with Crippen LogP contribution < -0.4 is 5.32 Å². The number of carbonyl (C=O) groups is 3. The molecule has 0 heterocycles. The number of methoxy groups -OCH3 is 2. The number of ether oxygens (including phenoxy) is 3. The number of nitro benzene ring substituents is 1. The van der Waals surface area contributed by atoms with E-state index in [9.17, 15) is 24.5 Å². The van der Waals surface area contributed by atoms with Crippen molar-refractivity contribution in [1.29, 1.82) is 0 Å². The highest BCUT2D eigenvalue weighted by Gasteiger charge is 2.39. The number of hydrogen-bond donors (Lipinski definition) is 1. The molecular weight excluding hydrogens is 324 g/mol. The first-order valence-corrected chi connectivity index (χ1v) is 6.61. The summed E-state index contributed by atoms with van der Waals surface area (Å²) in [6.45, 7) is 0.864. The minimum atomic E-state index is -1.80. The van der Waals surface area contributed by atoms with Crippen molar-refractivity contribution >= 4 is 23.7 Å². The Morgan fingerprint density at radius 1 is 1.17 bits per heavy atom. The molecule has 1 atom stereocenters. The summed E-state index contributed by atoms with van der Waals surface area (Å²) < 4.78 is 14.1. The Morgan fingerprint density at radius 2 is 1.75 bits per heavy atom. The lowest BCUT2D eigenvalue weighted by molar-refractivity contribution is -0.384. The molecule has 10 heteroatoms. The molecule has 0 saturated carbocycles. The zero-order chi connectivity index (χ0) is 18.3. The summed E-state index contributed by atoms with van der Waals surface area (Å²) in [5.74, 6) is -1.81. The van der Waals surface area contributed by atoms with E-state index < -0.39 is 28.6 Å². The Kier molecular flexibility index (Phi) is 6.22. The average Bonchev–Trinajstić information content (AvgIpc) is 2.58. The molecular formula is C14H16N2O8. The molecule has 0 aliphatic carbocycles. The van der Waals surface area contributed by atoms with Crippen LogP contribution in [0.5, 0.6) is 0 Å². The fraction of sp³-hybridized carbons (Fsp3) is 0.357. The molecule has 0 bridgehead atoms. The number of esters is 2. The molecule has 0 spiro atoms. The number of nitrogens with one attached hydrogen (secondary N) is 1. The van der Waals surface area contributed by atoms with Crippen LogP contribution in [0.3, 0.4) is 0 Å². The molecule has 1 amide bonds. The number of carbonyl (C=O) groups excluding carboxylic acids is 3. The third-order valence-corrected chi connectivity index (χ3v) is 3.00. The molecule has 0 saturated heterocycles. The van der Waals surface area contributed by atoms with Crippen molar-refractivity contribution in [2.75, 3.05) is 20.8 Å². The van der Waals surface area contributed by atoms with Crippen LogP contribution in [0.15, 0.2) is 24.3 Å². The van der Waals surface area contributed by atoms with Gasteiger partial charge < -0.3 is 19.5 Å². The first-order valence-electron chi connectivity index (χ1n) is 6.61. The molecule has 130 valence electrons. The van der Waals surface area contributed by atoms with E-state index in [0.29, 0.717) is 0 Å². The zero-order valence-corrected chi connectivity index (χ0v) is 13.2. The summed E-state index contributed by atoms with van der Waals surface area (Å²) >= 11 is 0. The van der Waals surface area contributed by atoms with Gasteiger partial charge >= 0.3 is 18.0 Å². The van der Waals surface area contributed by atoms with Gasteiger partial charge in [0.25, 0.3) is 5.69 Å². The van der Waals surface area contributed by atoms with Gasteiger partial charge in [-0.05, 0) is 19.1 Å². The van der Waals surface area contributed by atoms with Crippen LogP contribution in [0.2, 0.25) is 0 Å². The normalized spacial score (nSPS) is 12.5. The SMILES string of the molecule is COC(=O)NC[C@](C)(OC(=O)c1ccc([N+](=O)[O-])cc1)C(=O)OC. The van der Waals surface area contributed by atoms with E-state index in [1.165, 1.54) is 19.1 Å². The molecule has 0 fully saturated rings. The molecule has 24 heavy (non-hydrogen) atoms. The standard InChI is InChI=1S/C14H16N2O8/c1-14(12(18)22-2,8-15-13(19)23-3)24-11(17)9-4-6-10(7-5-9)16(20)21/h4-7H,8H2,1-3H3,(H,15,19)/t14-/m0/s1. The third-order valence-electron chi connectivity index (χ3n) is 3.00. The van der Waals surface area contributed by atoms with Gasteiger partial charge in [0.1, 0.15) is 0 Å². The first kappa shape index (κ1) is 18.9. The van der Waals surface area contributed by atoms with Crippen LogP contribution >= 0.6 is 0 Å². The highest BCUT2D eigenvalue weighted by atomic mass is 16.6. The summed E-state index contributed by atoms with van der Waals surface area (Å²) in [7, 11) is 2.23. The Hall–Kier alpha value is -3.17.